The summed E-state index contributed by atoms with van der Waals surface area (Å²) in [5, 5.41) is 18.1. The standard InChI is InChI=1S/C21H25ClN6O3/c1-12(9-26-21(30)17-19(23)28-20(24)18(22)27-17)25-10-14(29)11-31-16-8-4-6-13-5-2-3-7-15(13)16/h2-8,12,14,25,29H,9-11H2,1H3,(H,26,30)(H4,23,24,28). The van der Waals surface area contributed by atoms with Crippen molar-refractivity contribution in [1.82, 2.24) is 20.6 Å². The topological polar surface area (TPSA) is 148 Å². The van der Waals surface area contributed by atoms with Crippen LogP contribution >= 0.6 is 11.6 Å². The maximum atomic E-state index is 12.2. The molecule has 1 heterocycles. The maximum Gasteiger partial charge on any atom is 0.273 e. The predicted octanol–water partition coefficient (Wildman–Crippen LogP) is 1.60. The van der Waals surface area contributed by atoms with E-state index in [1.54, 1.807) is 0 Å². The molecule has 2 aromatic carbocycles. The summed E-state index contributed by atoms with van der Waals surface area (Å²) in [6, 6.07) is 13.6. The van der Waals surface area contributed by atoms with Crippen LogP contribution in [0.25, 0.3) is 10.8 Å². The molecule has 9 nitrogen and oxygen atoms in total. The molecule has 0 bridgehead atoms. The van der Waals surface area contributed by atoms with E-state index in [9.17, 15) is 9.90 Å². The highest BCUT2D eigenvalue weighted by atomic mass is 35.5. The number of aliphatic hydroxyl groups is 1. The lowest BCUT2D eigenvalue weighted by Gasteiger charge is -2.18. The van der Waals surface area contributed by atoms with Gasteiger partial charge in [0.2, 0.25) is 0 Å². The third-order valence-corrected chi connectivity index (χ3v) is 4.85. The fourth-order valence-electron chi connectivity index (χ4n) is 2.91. The molecule has 3 rings (SSSR count). The van der Waals surface area contributed by atoms with Crippen molar-refractivity contribution in [3.63, 3.8) is 0 Å². The molecule has 3 aromatic rings. The van der Waals surface area contributed by atoms with Crippen molar-refractivity contribution < 1.29 is 14.6 Å². The Morgan fingerprint density at radius 1 is 1.13 bits per heavy atom. The van der Waals surface area contributed by atoms with Crippen LogP contribution < -0.4 is 26.8 Å². The van der Waals surface area contributed by atoms with Crippen molar-refractivity contribution in [2.45, 2.75) is 19.1 Å². The molecule has 0 aliphatic heterocycles. The summed E-state index contributed by atoms with van der Waals surface area (Å²) in [5.41, 5.74) is 11.1. The summed E-state index contributed by atoms with van der Waals surface area (Å²) in [6.45, 7) is 2.57. The Hall–Kier alpha value is -3.14. The van der Waals surface area contributed by atoms with Crippen molar-refractivity contribution in [3.8, 4) is 5.75 Å². The number of halogens is 1. The quantitative estimate of drug-likeness (QED) is 0.334. The lowest BCUT2D eigenvalue weighted by Crippen LogP contribution is -2.43. The Morgan fingerprint density at radius 2 is 1.87 bits per heavy atom. The maximum absolute atomic E-state index is 12.2. The number of ether oxygens (including phenoxy) is 1. The molecule has 0 radical (unpaired) electrons. The van der Waals surface area contributed by atoms with Gasteiger partial charge in [-0.3, -0.25) is 4.79 Å². The summed E-state index contributed by atoms with van der Waals surface area (Å²) >= 11 is 5.80. The monoisotopic (exact) mass is 444 g/mol. The van der Waals surface area contributed by atoms with Crippen LogP contribution in [0.15, 0.2) is 42.5 Å². The molecule has 1 aromatic heterocycles. The molecule has 0 saturated carbocycles. The molecule has 31 heavy (non-hydrogen) atoms. The van der Waals surface area contributed by atoms with Gasteiger partial charge in [0.15, 0.2) is 22.5 Å². The minimum Gasteiger partial charge on any atom is -0.490 e. The average molecular weight is 445 g/mol. The van der Waals surface area contributed by atoms with Gasteiger partial charge in [0.25, 0.3) is 5.91 Å². The van der Waals surface area contributed by atoms with E-state index >= 15 is 0 Å². The SMILES string of the molecule is CC(CNC(=O)c1nc(Cl)c(N)nc1N)NCC(O)COc1cccc2ccccc12. The summed E-state index contributed by atoms with van der Waals surface area (Å²) in [7, 11) is 0. The Morgan fingerprint density at radius 3 is 2.68 bits per heavy atom. The molecule has 10 heteroatoms. The van der Waals surface area contributed by atoms with Crippen molar-refractivity contribution in [2.75, 3.05) is 31.2 Å². The number of fused-ring (bicyclic) bond motifs is 1. The molecular formula is C21H25ClN6O3. The number of anilines is 2. The first-order chi connectivity index (χ1) is 14.8. The van der Waals surface area contributed by atoms with E-state index in [-0.39, 0.29) is 48.2 Å². The molecule has 2 atom stereocenters. The van der Waals surface area contributed by atoms with Crippen molar-refractivity contribution in [3.05, 3.63) is 53.3 Å². The second kappa shape index (κ2) is 10.3. The molecule has 2 unspecified atom stereocenters. The van der Waals surface area contributed by atoms with Gasteiger partial charge in [-0.2, -0.15) is 0 Å². The zero-order valence-electron chi connectivity index (χ0n) is 17.0. The van der Waals surface area contributed by atoms with Gasteiger partial charge in [-0.15, -0.1) is 0 Å². The normalized spacial score (nSPS) is 13.0. The van der Waals surface area contributed by atoms with E-state index in [4.69, 9.17) is 27.8 Å². The fraction of sp³-hybridized carbons (Fsp3) is 0.286. The molecule has 0 aliphatic rings. The summed E-state index contributed by atoms with van der Waals surface area (Å²) in [5.74, 6) is 0.0742. The lowest BCUT2D eigenvalue weighted by atomic mass is 10.1. The number of aliphatic hydroxyl groups excluding tert-OH is 1. The number of hydrogen-bond acceptors (Lipinski definition) is 8. The van der Waals surface area contributed by atoms with Gasteiger partial charge in [-0.25, -0.2) is 9.97 Å². The van der Waals surface area contributed by atoms with Gasteiger partial charge in [-0.1, -0.05) is 48.0 Å². The largest absolute Gasteiger partial charge is 0.490 e. The number of nitrogen functional groups attached to an aromatic ring is 2. The molecule has 164 valence electrons. The number of nitrogens with one attached hydrogen (secondary N) is 2. The van der Waals surface area contributed by atoms with Crippen molar-refractivity contribution in [1.29, 1.82) is 0 Å². The van der Waals surface area contributed by atoms with Crippen LogP contribution in [-0.4, -0.2) is 52.8 Å². The van der Waals surface area contributed by atoms with Gasteiger partial charge in [0.1, 0.15) is 18.5 Å². The van der Waals surface area contributed by atoms with Crippen LogP contribution in [0.1, 0.15) is 17.4 Å². The average Bonchev–Trinajstić information content (AvgIpc) is 2.77. The van der Waals surface area contributed by atoms with Crippen LogP contribution in [0.2, 0.25) is 5.15 Å². The van der Waals surface area contributed by atoms with Gasteiger partial charge in [0, 0.05) is 24.5 Å². The first-order valence-electron chi connectivity index (χ1n) is 9.74. The van der Waals surface area contributed by atoms with Gasteiger partial charge in [0.05, 0.1) is 0 Å². The summed E-state index contributed by atoms with van der Waals surface area (Å²) in [4.78, 5) is 19.9. The second-order valence-electron chi connectivity index (χ2n) is 7.09. The van der Waals surface area contributed by atoms with Crippen LogP contribution in [-0.2, 0) is 0 Å². The van der Waals surface area contributed by atoms with Crippen LogP contribution in [0, 0.1) is 0 Å². The Labute approximate surface area is 184 Å². The number of rotatable bonds is 9. The Bertz CT molecular complexity index is 1060. The van der Waals surface area contributed by atoms with Crippen molar-refractivity contribution >= 4 is 39.9 Å². The minimum atomic E-state index is -0.727. The fourth-order valence-corrected chi connectivity index (χ4v) is 3.04. The van der Waals surface area contributed by atoms with Gasteiger partial charge < -0.3 is 31.9 Å². The van der Waals surface area contributed by atoms with Crippen molar-refractivity contribution in [2.24, 2.45) is 0 Å². The van der Waals surface area contributed by atoms with Gasteiger partial charge >= 0.3 is 0 Å². The van der Waals surface area contributed by atoms with Crippen LogP contribution in [0.5, 0.6) is 5.75 Å². The van der Waals surface area contributed by atoms with Crippen LogP contribution in [0.4, 0.5) is 11.6 Å². The first kappa shape index (κ1) is 22.5. The van der Waals surface area contributed by atoms with E-state index in [1.165, 1.54) is 0 Å². The minimum absolute atomic E-state index is 0.0366. The molecule has 1 amide bonds. The highest BCUT2D eigenvalue weighted by molar-refractivity contribution is 6.31. The number of aromatic nitrogens is 2. The van der Waals surface area contributed by atoms with E-state index < -0.39 is 12.0 Å². The molecule has 0 spiro atoms. The second-order valence-corrected chi connectivity index (χ2v) is 7.45. The number of nitrogens with zero attached hydrogens (tertiary/aromatic N) is 2. The smallest absolute Gasteiger partial charge is 0.273 e. The van der Waals surface area contributed by atoms with E-state index in [0.717, 1.165) is 16.5 Å². The molecule has 0 aliphatic carbocycles. The molecular weight excluding hydrogens is 420 g/mol. The Kier molecular flexibility index (Phi) is 7.45. The van der Waals surface area contributed by atoms with Gasteiger partial charge in [-0.05, 0) is 18.4 Å². The third kappa shape index (κ3) is 5.94. The highest BCUT2D eigenvalue weighted by Gasteiger charge is 2.17. The zero-order chi connectivity index (χ0) is 22.4. The Balaban J connectivity index is 1.43. The summed E-state index contributed by atoms with van der Waals surface area (Å²) in [6.07, 6.45) is -0.727. The predicted molar refractivity (Wildman–Crippen MR) is 121 cm³/mol. The number of hydrogen-bond donors (Lipinski definition) is 5. The molecule has 0 saturated heterocycles. The first-order valence-corrected chi connectivity index (χ1v) is 10.1. The van der Waals surface area contributed by atoms with E-state index in [1.807, 2.05) is 49.4 Å². The molecule has 0 fully saturated rings. The van der Waals surface area contributed by atoms with Crippen LogP contribution in [0.3, 0.4) is 0 Å². The zero-order valence-corrected chi connectivity index (χ0v) is 17.8. The number of carbonyl (C=O) groups excluding carboxylic acids is 1. The lowest BCUT2D eigenvalue weighted by molar-refractivity contribution is 0.0938. The van der Waals surface area contributed by atoms with E-state index in [0.29, 0.717) is 0 Å². The molecule has 7 N–H and O–H groups in total. The number of amides is 1. The highest BCUT2D eigenvalue weighted by Crippen LogP contribution is 2.25. The number of nitrogens with two attached hydrogens (primary N) is 2. The number of benzene rings is 2. The number of carbonyl (C=O) groups is 1. The summed E-state index contributed by atoms with van der Waals surface area (Å²) < 4.78 is 5.79. The van der Waals surface area contributed by atoms with E-state index in [2.05, 4.69) is 20.6 Å². The third-order valence-electron chi connectivity index (χ3n) is 4.57.